The molecule has 0 spiro atoms. The summed E-state index contributed by atoms with van der Waals surface area (Å²) in [5, 5.41) is 0.623. The van der Waals surface area contributed by atoms with Crippen LogP contribution in [0.2, 0.25) is 5.02 Å². The maximum atomic E-state index is 12.2. The Labute approximate surface area is 152 Å². The summed E-state index contributed by atoms with van der Waals surface area (Å²) in [6.45, 7) is 0. The molecule has 0 saturated heterocycles. The van der Waals surface area contributed by atoms with Gasteiger partial charge >= 0.3 is 6.09 Å². The van der Waals surface area contributed by atoms with E-state index in [9.17, 15) is 4.79 Å². The molecule has 2 rings (SSSR count). The number of nitrogens with zero attached hydrogens (tertiary/aromatic N) is 1. The van der Waals surface area contributed by atoms with Gasteiger partial charge in [0.2, 0.25) is 0 Å². The summed E-state index contributed by atoms with van der Waals surface area (Å²) in [7, 11) is 1.81. The second-order valence-electron chi connectivity index (χ2n) is 5.46. The fourth-order valence-electron chi connectivity index (χ4n) is 2.66. The standard InChI is InChI=1S/C16H18Br2ClNO2/c1-20(13-6-2-11(3-7-13)10-15(17)18)16(21)22-14-8-4-12(19)5-9-14/h4-5,8-11,13H,2-3,6-7H2,1H3/t11-,13-. The molecule has 1 aliphatic rings. The zero-order valence-corrected chi connectivity index (χ0v) is 16.2. The lowest BCUT2D eigenvalue weighted by atomic mass is 9.86. The van der Waals surface area contributed by atoms with E-state index in [-0.39, 0.29) is 12.1 Å². The van der Waals surface area contributed by atoms with E-state index in [1.165, 1.54) is 0 Å². The topological polar surface area (TPSA) is 29.5 Å². The summed E-state index contributed by atoms with van der Waals surface area (Å²) in [6.07, 6.45) is 5.99. The SMILES string of the molecule is CN(C(=O)Oc1ccc(Cl)cc1)[C@H]1CC[C@H](C=C(Br)Br)CC1. The number of hydrogen-bond donors (Lipinski definition) is 0. The molecule has 0 N–H and O–H groups in total. The Bertz CT molecular complexity index is 536. The quantitative estimate of drug-likeness (QED) is 0.567. The van der Waals surface area contributed by atoms with Crippen molar-refractivity contribution in [3.05, 3.63) is 38.8 Å². The highest BCUT2D eigenvalue weighted by Crippen LogP contribution is 2.31. The Hall–Kier alpha value is -0.520. The molecule has 1 saturated carbocycles. The fraction of sp³-hybridized carbons (Fsp3) is 0.438. The predicted molar refractivity (Wildman–Crippen MR) is 96.9 cm³/mol. The number of benzene rings is 1. The Morgan fingerprint density at radius 1 is 1.23 bits per heavy atom. The van der Waals surface area contributed by atoms with E-state index in [0.717, 1.165) is 29.1 Å². The van der Waals surface area contributed by atoms with Gasteiger partial charge in [-0.05, 0) is 87.7 Å². The van der Waals surface area contributed by atoms with Crippen LogP contribution >= 0.6 is 43.5 Å². The summed E-state index contributed by atoms with van der Waals surface area (Å²) in [5.74, 6) is 1.08. The smallest absolute Gasteiger partial charge is 0.410 e. The van der Waals surface area contributed by atoms with E-state index in [1.807, 2.05) is 0 Å². The van der Waals surface area contributed by atoms with Crippen molar-refractivity contribution >= 4 is 49.6 Å². The summed E-state index contributed by atoms with van der Waals surface area (Å²) >= 11 is 12.6. The molecule has 3 nitrogen and oxygen atoms in total. The van der Waals surface area contributed by atoms with Crippen LogP contribution in [0.15, 0.2) is 33.7 Å². The third-order valence-corrected chi connectivity index (χ3v) is 4.74. The molecule has 120 valence electrons. The number of rotatable bonds is 3. The van der Waals surface area contributed by atoms with E-state index < -0.39 is 0 Å². The van der Waals surface area contributed by atoms with Crippen LogP contribution in [-0.4, -0.2) is 24.1 Å². The van der Waals surface area contributed by atoms with Crippen LogP contribution in [0.25, 0.3) is 0 Å². The van der Waals surface area contributed by atoms with Gasteiger partial charge in [-0.3, -0.25) is 0 Å². The lowest BCUT2D eigenvalue weighted by Gasteiger charge is -2.33. The zero-order chi connectivity index (χ0) is 16.1. The van der Waals surface area contributed by atoms with Crippen molar-refractivity contribution in [2.24, 2.45) is 5.92 Å². The maximum Gasteiger partial charge on any atom is 0.415 e. The van der Waals surface area contributed by atoms with Gasteiger partial charge in [0.25, 0.3) is 0 Å². The van der Waals surface area contributed by atoms with Gasteiger partial charge in [0.15, 0.2) is 0 Å². The average Bonchev–Trinajstić information content (AvgIpc) is 2.49. The monoisotopic (exact) mass is 449 g/mol. The summed E-state index contributed by atoms with van der Waals surface area (Å²) in [6, 6.07) is 7.05. The molecule has 0 atom stereocenters. The Morgan fingerprint density at radius 3 is 2.36 bits per heavy atom. The molecule has 0 heterocycles. The van der Waals surface area contributed by atoms with Crippen molar-refractivity contribution in [3.63, 3.8) is 0 Å². The Balaban J connectivity index is 1.86. The van der Waals surface area contributed by atoms with Crippen molar-refractivity contribution in [2.45, 2.75) is 31.7 Å². The average molecular weight is 452 g/mol. The molecular weight excluding hydrogens is 433 g/mol. The molecule has 0 bridgehead atoms. The predicted octanol–water partition coefficient (Wildman–Crippen LogP) is 5.96. The second kappa shape index (κ2) is 8.37. The fourth-order valence-corrected chi connectivity index (χ4v) is 3.53. The molecule has 1 aromatic rings. The van der Waals surface area contributed by atoms with E-state index in [2.05, 4.69) is 37.9 Å². The minimum absolute atomic E-state index is 0.235. The van der Waals surface area contributed by atoms with Crippen LogP contribution < -0.4 is 4.74 Å². The van der Waals surface area contributed by atoms with Crippen LogP contribution in [0.3, 0.4) is 0 Å². The first-order valence-corrected chi connectivity index (χ1v) is 9.15. The Kier molecular flexibility index (Phi) is 6.78. The third kappa shape index (κ3) is 5.28. The van der Waals surface area contributed by atoms with Gasteiger partial charge in [-0.2, -0.15) is 0 Å². The molecule has 0 unspecified atom stereocenters. The van der Waals surface area contributed by atoms with Crippen LogP contribution in [0, 0.1) is 5.92 Å². The number of carbonyl (C=O) groups is 1. The van der Waals surface area contributed by atoms with Crippen LogP contribution in [-0.2, 0) is 0 Å². The van der Waals surface area contributed by atoms with E-state index >= 15 is 0 Å². The third-order valence-electron chi connectivity index (χ3n) is 3.96. The maximum absolute atomic E-state index is 12.2. The van der Waals surface area contributed by atoms with Crippen LogP contribution in [0.5, 0.6) is 5.75 Å². The molecule has 1 amide bonds. The lowest BCUT2D eigenvalue weighted by molar-refractivity contribution is 0.128. The normalized spacial score (nSPS) is 21.1. The first-order valence-electron chi connectivity index (χ1n) is 7.18. The molecule has 6 heteroatoms. The van der Waals surface area contributed by atoms with Crippen molar-refractivity contribution in [2.75, 3.05) is 7.05 Å². The van der Waals surface area contributed by atoms with Gasteiger partial charge in [-0.25, -0.2) is 4.79 Å². The number of hydrogen-bond acceptors (Lipinski definition) is 2. The first-order chi connectivity index (χ1) is 10.5. The molecule has 22 heavy (non-hydrogen) atoms. The molecular formula is C16H18Br2ClNO2. The van der Waals surface area contributed by atoms with Crippen LogP contribution in [0.4, 0.5) is 4.79 Å². The molecule has 1 aromatic carbocycles. The molecule has 0 aromatic heterocycles. The zero-order valence-electron chi connectivity index (χ0n) is 12.3. The van der Waals surface area contributed by atoms with Crippen molar-refractivity contribution in [3.8, 4) is 5.75 Å². The number of carbonyl (C=O) groups excluding carboxylic acids is 1. The van der Waals surface area contributed by atoms with E-state index in [1.54, 1.807) is 36.2 Å². The molecule has 0 radical (unpaired) electrons. The van der Waals surface area contributed by atoms with Gasteiger partial charge < -0.3 is 9.64 Å². The van der Waals surface area contributed by atoms with Gasteiger partial charge in [-0.15, -0.1) is 0 Å². The van der Waals surface area contributed by atoms with Crippen molar-refractivity contribution in [1.82, 2.24) is 4.90 Å². The van der Waals surface area contributed by atoms with Gasteiger partial charge in [0, 0.05) is 18.1 Å². The summed E-state index contributed by atoms with van der Waals surface area (Å²) in [4.78, 5) is 13.9. The van der Waals surface area contributed by atoms with Crippen LogP contribution in [0.1, 0.15) is 25.7 Å². The van der Waals surface area contributed by atoms with E-state index in [4.69, 9.17) is 16.3 Å². The van der Waals surface area contributed by atoms with Crippen molar-refractivity contribution in [1.29, 1.82) is 0 Å². The molecule has 0 aliphatic heterocycles. The summed E-state index contributed by atoms with van der Waals surface area (Å²) < 4.78 is 6.38. The highest BCUT2D eigenvalue weighted by molar-refractivity contribution is 9.28. The second-order valence-corrected chi connectivity index (χ2v) is 8.67. The number of ether oxygens (including phenoxy) is 1. The van der Waals surface area contributed by atoms with E-state index in [0.29, 0.717) is 16.7 Å². The highest BCUT2D eigenvalue weighted by Gasteiger charge is 2.26. The molecule has 1 aliphatic carbocycles. The lowest BCUT2D eigenvalue weighted by Crippen LogP contribution is -2.40. The van der Waals surface area contributed by atoms with Crippen molar-refractivity contribution < 1.29 is 9.53 Å². The van der Waals surface area contributed by atoms with Gasteiger partial charge in [0.1, 0.15) is 5.75 Å². The minimum Gasteiger partial charge on any atom is -0.410 e. The number of halogens is 3. The number of amides is 1. The van der Waals surface area contributed by atoms with Gasteiger partial charge in [-0.1, -0.05) is 17.7 Å². The molecule has 1 fully saturated rings. The Morgan fingerprint density at radius 2 is 1.82 bits per heavy atom. The first kappa shape index (κ1) is 17.8. The highest BCUT2D eigenvalue weighted by atomic mass is 79.9. The largest absolute Gasteiger partial charge is 0.415 e. The van der Waals surface area contributed by atoms with Gasteiger partial charge in [0.05, 0.1) is 3.39 Å². The summed E-state index contributed by atoms with van der Waals surface area (Å²) in [5.41, 5.74) is 0. The number of allylic oxidation sites excluding steroid dienone is 1. The minimum atomic E-state index is -0.317.